The zero-order chi connectivity index (χ0) is 15.6. The van der Waals surface area contributed by atoms with E-state index in [0.717, 1.165) is 10.8 Å². The molecule has 0 aliphatic rings. The fraction of sp³-hybridized carbons (Fsp3) is 0.154. The predicted octanol–water partition coefficient (Wildman–Crippen LogP) is 0.338. The summed E-state index contributed by atoms with van der Waals surface area (Å²) in [5.74, 6) is -0.477. The van der Waals surface area contributed by atoms with E-state index in [1.54, 1.807) is 18.2 Å². The molecule has 0 aliphatic heterocycles. The van der Waals surface area contributed by atoms with E-state index in [9.17, 15) is 24.5 Å². The number of benzene rings is 1. The quantitative estimate of drug-likeness (QED) is 0.458. The van der Waals surface area contributed by atoms with Crippen LogP contribution < -0.4 is 11.2 Å². The molecule has 0 unspecified atom stereocenters. The standard InChI is InChI=1S/C13H11N3O5/c1-14-7-10(16(20)21)12(18)15(13(14)19)8-11(17)9-5-3-2-4-6-9/h2-7H,8H2,1H3. The van der Waals surface area contributed by atoms with Crippen LogP contribution in [0.4, 0.5) is 5.69 Å². The molecule has 8 heteroatoms. The van der Waals surface area contributed by atoms with E-state index in [2.05, 4.69) is 0 Å². The molecule has 0 saturated carbocycles. The number of nitro groups is 1. The molecule has 0 fully saturated rings. The highest BCUT2D eigenvalue weighted by Gasteiger charge is 2.20. The van der Waals surface area contributed by atoms with Gasteiger partial charge < -0.3 is 0 Å². The molecular formula is C13H11N3O5. The van der Waals surface area contributed by atoms with E-state index in [-0.39, 0.29) is 0 Å². The Bertz CT molecular complexity index is 820. The number of rotatable bonds is 4. The van der Waals surface area contributed by atoms with Gasteiger partial charge in [-0.1, -0.05) is 30.3 Å². The summed E-state index contributed by atoms with van der Waals surface area (Å²) in [6.07, 6.45) is 0.841. The van der Waals surface area contributed by atoms with Crippen molar-refractivity contribution < 1.29 is 9.72 Å². The lowest BCUT2D eigenvalue weighted by Crippen LogP contribution is -2.41. The van der Waals surface area contributed by atoms with E-state index in [1.807, 2.05) is 0 Å². The highest BCUT2D eigenvalue weighted by atomic mass is 16.6. The largest absolute Gasteiger partial charge is 0.350 e. The molecule has 0 amide bonds. The van der Waals surface area contributed by atoms with E-state index in [4.69, 9.17) is 0 Å². The van der Waals surface area contributed by atoms with Gasteiger partial charge in [0.05, 0.1) is 17.7 Å². The molecule has 0 atom stereocenters. The first-order valence-electron chi connectivity index (χ1n) is 5.95. The summed E-state index contributed by atoms with van der Waals surface area (Å²) in [6.45, 7) is -0.544. The Morgan fingerprint density at radius 1 is 1.24 bits per heavy atom. The molecule has 0 saturated heterocycles. The third-order valence-corrected chi connectivity index (χ3v) is 2.91. The SMILES string of the molecule is Cn1cc([N+](=O)[O-])c(=O)n(CC(=O)c2ccccc2)c1=O. The van der Waals surface area contributed by atoms with Crippen molar-refractivity contribution in [1.82, 2.24) is 9.13 Å². The number of carbonyl (C=O) groups excluding carboxylic acids is 1. The molecule has 108 valence electrons. The Balaban J connectivity index is 2.50. The Labute approximate surface area is 118 Å². The summed E-state index contributed by atoms with van der Waals surface area (Å²) in [7, 11) is 1.28. The summed E-state index contributed by atoms with van der Waals surface area (Å²) < 4.78 is 1.46. The van der Waals surface area contributed by atoms with Gasteiger partial charge in [0.15, 0.2) is 5.78 Å². The van der Waals surface area contributed by atoms with Gasteiger partial charge in [0, 0.05) is 12.6 Å². The molecule has 1 aromatic carbocycles. The lowest BCUT2D eigenvalue weighted by Gasteiger charge is -2.06. The molecule has 2 rings (SSSR count). The first-order chi connectivity index (χ1) is 9.91. The second-order valence-electron chi connectivity index (χ2n) is 4.35. The topological polar surface area (TPSA) is 104 Å². The van der Waals surface area contributed by atoms with Crippen LogP contribution in [0.25, 0.3) is 0 Å². The first-order valence-corrected chi connectivity index (χ1v) is 5.95. The van der Waals surface area contributed by atoms with Crippen LogP contribution in [0.5, 0.6) is 0 Å². The summed E-state index contributed by atoms with van der Waals surface area (Å²) >= 11 is 0. The van der Waals surface area contributed by atoms with Gasteiger partial charge in [-0.2, -0.15) is 0 Å². The van der Waals surface area contributed by atoms with Crippen LogP contribution in [0.3, 0.4) is 0 Å². The molecule has 0 bridgehead atoms. The van der Waals surface area contributed by atoms with Crippen LogP contribution >= 0.6 is 0 Å². The van der Waals surface area contributed by atoms with Crippen LogP contribution in [0, 0.1) is 10.1 Å². The van der Waals surface area contributed by atoms with Gasteiger partial charge in [0.1, 0.15) is 0 Å². The fourth-order valence-corrected chi connectivity index (χ4v) is 1.83. The summed E-state index contributed by atoms with van der Waals surface area (Å²) in [6, 6.07) is 8.07. The highest BCUT2D eigenvalue weighted by Crippen LogP contribution is 2.03. The zero-order valence-corrected chi connectivity index (χ0v) is 11.1. The van der Waals surface area contributed by atoms with Crippen LogP contribution in [0.15, 0.2) is 46.1 Å². The van der Waals surface area contributed by atoms with Crippen molar-refractivity contribution in [1.29, 1.82) is 0 Å². The third kappa shape index (κ3) is 2.78. The Kier molecular flexibility index (Phi) is 3.79. The minimum absolute atomic E-state index is 0.318. The van der Waals surface area contributed by atoms with Gasteiger partial charge in [0.25, 0.3) is 0 Å². The number of carbonyl (C=O) groups is 1. The minimum atomic E-state index is -1.09. The maximum Gasteiger partial charge on any atom is 0.350 e. The number of hydrogen-bond acceptors (Lipinski definition) is 5. The number of aryl methyl sites for hydroxylation is 1. The van der Waals surface area contributed by atoms with E-state index >= 15 is 0 Å². The second-order valence-corrected chi connectivity index (χ2v) is 4.35. The van der Waals surface area contributed by atoms with Gasteiger partial charge in [-0.25, -0.2) is 9.36 Å². The molecule has 21 heavy (non-hydrogen) atoms. The molecule has 0 spiro atoms. The fourth-order valence-electron chi connectivity index (χ4n) is 1.83. The number of hydrogen-bond donors (Lipinski definition) is 0. The van der Waals surface area contributed by atoms with E-state index < -0.39 is 34.2 Å². The monoisotopic (exact) mass is 289 g/mol. The Morgan fingerprint density at radius 2 is 1.86 bits per heavy atom. The number of ketones is 1. The van der Waals surface area contributed by atoms with Gasteiger partial charge in [-0.15, -0.1) is 0 Å². The highest BCUT2D eigenvalue weighted by molar-refractivity contribution is 5.95. The van der Waals surface area contributed by atoms with E-state index in [1.165, 1.54) is 19.2 Å². The van der Waals surface area contributed by atoms with Crippen molar-refractivity contribution >= 4 is 11.5 Å². The predicted molar refractivity (Wildman–Crippen MR) is 73.4 cm³/mol. The minimum Gasteiger partial charge on any atom is -0.297 e. The molecule has 0 N–H and O–H groups in total. The molecule has 8 nitrogen and oxygen atoms in total. The Morgan fingerprint density at radius 3 is 2.43 bits per heavy atom. The van der Waals surface area contributed by atoms with Crippen molar-refractivity contribution in [2.75, 3.05) is 0 Å². The van der Waals surface area contributed by atoms with Crippen LogP contribution in [-0.2, 0) is 13.6 Å². The average Bonchev–Trinajstić information content (AvgIpc) is 2.47. The molecule has 2 aromatic rings. The lowest BCUT2D eigenvalue weighted by molar-refractivity contribution is -0.387. The summed E-state index contributed by atoms with van der Waals surface area (Å²) in [5.41, 5.74) is -2.31. The lowest BCUT2D eigenvalue weighted by atomic mass is 10.1. The van der Waals surface area contributed by atoms with Crippen molar-refractivity contribution in [2.45, 2.75) is 6.54 Å². The average molecular weight is 289 g/mol. The van der Waals surface area contributed by atoms with Gasteiger partial charge in [-0.05, 0) is 0 Å². The normalized spacial score (nSPS) is 10.3. The maximum atomic E-state index is 12.0. The molecule has 1 heterocycles. The number of aromatic nitrogens is 2. The first kappa shape index (κ1) is 14.4. The van der Waals surface area contributed by atoms with Crippen molar-refractivity contribution in [2.24, 2.45) is 7.05 Å². The van der Waals surface area contributed by atoms with Crippen LogP contribution in [0.2, 0.25) is 0 Å². The maximum absolute atomic E-state index is 12.0. The zero-order valence-electron chi connectivity index (χ0n) is 11.1. The summed E-state index contributed by atoms with van der Waals surface area (Å²) in [5, 5.41) is 10.8. The van der Waals surface area contributed by atoms with Crippen LogP contribution in [-0.4, -0.2) is 19.8 Å². The summed E-state index contributed by atoms with van der Waals surface area (Å²) in [4.78, 5) is 45.7. The smallest absolute Gasteiger partial charge is 0.297 e. The van der Waals surface area contributed by atoms with Gasteiger partial charge >= 0.3 is 16.9 Å². The number of Topliss-reactive ketones (excluding diaryl/α,β-unsaturated/α-hetero) is 1. The Hall–Kier alpha value is -3.03. The molecule has 1 aromatic heterocycles. The number of nitrogens with zero attached hydrogens (tertiary/aromatic N) is 3. The molecule has 0 radical (unpaired) electrons. The van der Waals surface area contributed by atoms with Gasteiger partial charge in [-0.3, -0.25) is 24.3 Å². The van der Waals surface area contributed by atoms with Crippen molar-refractivity contribution in [3.8, 4) is 0 Å². The molecule has 0 aliphatic carbocycles. The third-order valence-electron chi connectivity index (χ3n) is 2.91. The van der Waals surface area contributed by atoms with Crippen molar-refractivity contribution in [3.63, 3.8) is 0 Å². The second kappa shape index (κ2) is 5.53. The molecular weight excluding hydrogens is 278 g/mol. The van der Waals surface area contributed by atoms with Crippen molar-refractivity contribution in [3.05, 3.63) is 73.0 Å². The van der Waals surface area contributed by atoms with Gasteiger partial charge in [0.2, 0.25) is 0 Å². The van der Waals surface area contributed by atoms with Crippen LogP contribution in [0.1, 0.15) is 10.4 Å². The van der Waals surface area contributed by atoms with E-state index in [0.29, 0.717) is 10.1 Å².